The summed E-state index contributed by atoms with van der Waals surface area (Å²) in [7, 11) is 1.71. The zero-order valence-electron chi connectivity index (χ0n) is 9.29. The Morgan fingerprint density at radius 1 is 1.25 bits per heavy atom. The number of halogens is 2. The maximum Gasteiger partial charge on any atom is 0.119 e. The lowest BCUT2D eigenvalue weighted by Gasteiger charge is -2.09. The van der Waals surface area contributed by atoms with Crippen molar-refractivity contribution >= 4 is 31.9 Å². The maximum absolute atomic E-state index is 5.61. The zero-order chi connectivity index (χ0) is 11.8. The van der Waals surface area contributed by atoms with Gasteiger partial charge in [-0.15, -0.1) is 0 Å². The summed E-state index contributed by atoms with van der Waals surface area (Å²) in [5.74, 6) is 0.918. The first kappa shape index (κ1) is 14.0. The van der Waals surface area contributed by atoms with Gasteiger partial charge in [0, 0.05) is 16.4 Å². The lowest BCUT2D eigenvalue weighted by atomic mass is 10.2. The number of benzene rings is 1. The second kappa shape index (κ2) is 8.09. The first-order valence-corrected chi connectivity index (χ1v) is 6.94. The highest BCUT2D eigenvalue weighted by Crippen LogP contribution is 2.16. The van der Waals surface area contributed by atoms with Crippen molar-refractivity contribution in [3.05, 3.63) is 28.7 Å². The molecular weight excluding hydrogens is 336 g/mol. The highest BCUT2D eigenvalue weighted by atomic mass is 79.9. The monoisotopic (exact) mass is 350 g/mol. The van der Waals surface area contributed by atoms with Crippen LogP contribution in [0.3, 0.4) is 0 Å². The van der Waals surface area contributed by atoms with Gasteiger partial charge in [0.25, 0.3) is 0 Å². The molecule has 0 saturated carbocycles. The Balaban J connectivity index is 2.13. The number of alkyl halides is 1. The molecule has 0 aliphatic rings. The molecule has 90 valence electrons. The second-order valence-electron chi connectivity index (χ2n) is 3.50. The molecule has 0 spiro atoms. The second-order valence-corrected chi connectivity index (χ2v) is 5.71. The van der Waals surface area contributed by atoms with Gasteiger partial charge >= 0.3 is 0 Å². The van der Waals surface area contributed by atoms with Crippen LogP contribution in [-0.4, -0.2) is 25.2 Å². The van der Waals surface area contributed by atoms with Crippen LogP contribution >= 0.6 is 31.9 Å². The van der Waals surface area contributed by atoms with Gasteiger partial charge in [-0.2, -0.15) is 0 Å². The minimum atomic E-state index is 0.422. The molecule has 1 aromatic carbocycles. The summed E-state index contributed by atoms with van der Waals surface area (Å²) in [5, 5.41) is 0. The number of rotatable bonds is 7. The third-order valence-electron chi connectivity index (χ3n) is 2.09. The Hall–Kier alpha value is -0.0600. The van der Waals surface area contributed by atoms with Crippen molar-refractivity contribution in [2.24, 2.45) is 0 Å². The van der Waals surface area contributed by atoms with Crippen molar-refractivity contribution in [2.75, 3.05) is 20.3 Å². The molecule has 1 atom stereocenters. The first-order valence-electron chi connectivity index (χ1n) is 5.23. The molecule has 0 amide bonds. The van der Waals surface area contributed by atoms with E-state index in [-0.39, 0.29) is 0 Å². The van der Waals surface area contributed by atoms with Crippen LogP contribution in [0, 0.1) is 0 Å². The average molecular weight is 352 g/mol. The highest BCUT2D eigenvalue weighted by Gasteiger charge is 2.02. The van der Waals surface area contributed by atoms with Gasteiger partial charge in [0.15, 0.2) is 0 Å². The quantitative estimate of drug-likeness (QED) is 0.545. The molecule has 0 aliphatic carbocycles. The lowest BCUT2D eigenvalue weighted by molar-refractivity contribution is 0.195. The Bertz CT molecular complexity index is 288. The number of hydrogen-bond donors (Lipinski definition) is 0. The van der Waals surface area contributed by atoms with E-state index < -0.39 is 0 Å². The fourth-order valence-corrected chi connectivity index (χ4v) is 2.14. The molecule has 0 saturated heterocycles. The van der Waals surface area contributed by atoms with Crippen molar-refractivity contribution in [3.8, 4) is 5.75 Å². The van der Waals surface area contributed by atoms with E-state index in [0.717, 1.165) is 36.3 Å². The minimum Gasteiger partial charge on any atom is -0.494 e. The Morgan fingerprint density at radius 2 is 1.94 bits per heavy atom. The van der Waals surface area contributed by atoms with E-state index in [4.69, 9.17) is 9.47 Å². The number of ether oxygens (including phenoxy) is 2. The highest BCUT2D eigenvalue weighted by molar-refractivity contribution is 9.10. The molecule has 1 rings (SSSR count). The molecule has 0 aliphatic heterocycles. The summed E-state index contributed by atoms with van der Waals surface area (Å²) in [6.45, 7) is 1.49. The van der Waals surface area contributed by atoms with E-state index in [1.165, 1.54) is 0 Å². The summed E-state index contributed by atoms with van der Waals surface area (Å²) < 4.78 is 11.7. The van der Waals surface area contributed by atoms with E-state index in [9.17, 15) is 0 Å². The van der Waals surface area contributed by atoms with Crippen LogP contribution in [0.25, 0.3) is 0 Å². The molecule has 0 radical (unpaired) electrons. The van der Waals surface area contributed by atoms with Crippen molar-refractivity contribution < 1.29 is 9.47 Å². The van der Waals surface area contributed by atoms with Crippen molar-refractivity contribution in [1.29, 1.82) is 0 Å². The van der Waals surface area contributed by atoms with Gasteiger partial charge in [-0.1, -0.05) is 31.9 Å². The van der Waals surface area contributed by atoms with Crippen LogP contribution in [0.4, 0.5) is 0 Å². The number of hydrogen-bond acceptors (Lipinski definition) is 2. The van der Waals surface area contributed by atoms with Gasteiger partial charge in [-0.05, 0) is 37.1 Å². The zero-order valence-corrected chi connectivity index (χ0v) is 12.5. The average Bonchev–Trinajstić information content (AvgIpc) is 2.27. The molecule has 0 bridgehead atoms. The maximum atomic E-state index is 5.61. The van der Waals surface area contributed by atoms with Crippen LogP contribution in [0.15, 0.2) is 28.7 Å². The van der Waals surface area contributed by atoms with Gasteiger partial charge < -0.3 is 9.47 Å². The molecule has 1 aromatic rings. The molecule has 2 nitrogen and oxygen atoms in total. The fourth-order valence-electron chi connectivity index (χ4n) is 1.29. The van der Waals surface area contributed by atoms with Gasteiger partial charge in [-0.25, -0.2) is 0 Å². The van der Waals surface area contributed by atoms with Crippen molar-refractivity contribution in [3.63, 3.8) is 0 Å². The summed E-state index contributed by atoms with van der Waals surface area (Å²) in [4.78, 5) is 0.422. The van der Waals surface area contributed by atoms with Crippen LogP contribution in [0.1, 0.15) is 12.8 Å². The molecule has 16 heavy (non-hydrogen) atoms. The first-order chi connectivity index (χ1) is 7.72. The van der Waals surface area contributed by atoms with Crippen LogP contribution in [-0.2, 0) is 4.74 Å². The third-order valence-corrected chi connectivity index (χ3v) is 3.34. The predicted molar refractivity (Wildman–Crippen MR) is 73.5 cm³/mol. The normalized spacial score (nSPS) is 12.4. The summed E-state index contributed by atoms with van der Waals surface area (Å²) in [6.07, 6.45) is 2.08. The van der Waals surface area contributed by atoms with E-state index >= 15 is 0 Å². The van der Waals surface area contributed by atoms with E-state index in [0.29, 0.717) is 4.83 Å². The van der Waals surface area contributed by atoms with Crippen molar-refractivity contribution in [1.82, 2.24) is 0 Å². The van der Waals surface area contributed by atoms with E-state index in [1.54, 1.807) is 7.11 Å². The van der Waals surface area contributed by atoms with Crippen molar-refractivity contribution in [2.45, 2.75) is 17.7 Å². The van der Waals surface area contributed by atoms with Crippen LogP contribution < -0.4 is 4.74 Å². The van der Waals surface area contributed by atoms with E-state index in [1.807, 2.05) is 24.3 Å². The SMILES string of the molecule is COCC(Br)CCCOc1ccc(Br)cc1. The van der Waals surface area contributed by atoms with Gasteiger partial charge in [-0.3, -0.25) is 0 Å². The summed E-state index contributed by atoms with van der Waals surface area (Å²) in [5.41, 5.74) is 0. The largest absolute Gasteiger partial charge is 0.494 e. The molecular formula is C12H16Br2O2. The van der Waals surface area contributed by atoms with Crippen LogP contribution in [0.2, 0.25) is 0 Å². The Morgan fingerprint density at radius 3 is 2.56 bits per heavy atom. The molecule has 1 unspecified atom stereocenters. The van der Waals surface area contributed by atoms with Gasteiger partial charge in [0.2, 0.25) is 0 Å². The van der Waals surface area contributed by atoms with Gasteiger partial charge in [0.1, 0.15) is 5.75 Å². The minimum absolute atomic E-state index is 0.422. The number of methoxy groups -OCH3 is 1. The fraction of sp³-hybridized carbons (Fsp3) is 0.500. The summed E-state index contributed by atoms with van der Waals surface area (Å²) in [6, 6.07) is 7.89. The van der Waals surface area contributed by atoms with Gasteiger partial charge in [0.05, 0.1) is 13.2 Å². The van der Waals surface area contributed by atoms with E-state index in [2.05, 4.69) is 31.9 Å². The molecule has 0 aromatic heterocycles. The third kappa shape index (κ3) is 5.87. The lowest BCUT2D eigenvalue weighted by Crippen LogP contribution is -2.08. The topological polar surface area (TPSA) is 18.5 Å². The smallest absolute Gasteiger partial charge is 0.119 e. The predicted octanol–water partition coefficient (Wildman–Crippen LogP) is 4.02. The Labute approximate surface area is 114 Å². The Kier molecular flexibility index (Phi) is 7.08. The van der Waals surface area contributed by atoms with Crippen LogP contribution in [0.5, 0.6) is 5.75 Å². The molecule has 0 heterocycles. The summed E-state index contributed by atoms with van der Waals surface area (Å²) >= 11 is 6.94. The standard InChI is InChI=1S/C12H16Br2O2/c1-15-9-11(14)3-2-8-16-12-6-4-10(13)5-7-12/h4-7,11H,2-3,8-9H2,1H3. The molecule has 0 fully saturated rings. The molecule has 0 N–H and O–H groups in total. The molecule has 4 heteroatoms.